The Morgan fingerprint density at radius 3 is 1.14 bits per heavy atom. The predicted molar refractivity (Wildman–Crippen MR) is 151 cm³/mol. The molecular weight excluding hydrogens is 558 g/mol. The summed E-state index contributed by atoms with van der Waals surface area (Å²) in [6, 6.07) is 7.15. The standard InChI is InChI=1S/C28H47NO13/c1-25(30)29-26-2-4-27(5-3-26)42-23-22-40-19-18-38-15-14-36-11-10-34-7-6-33-8-9-35-12-13-37-16-17-39-20-21-41-24-28(31)32/h2-5H,6-24H2,1H3,(H,29,30)(H,31,32). The average Bonchev–Trinajstić information content (AvgIpc) is 2.96. The Hall–Kier alpha value is -2.40. The lowest BCUT2D eigenvalue weighted by Gasteiger charge is -2.09. The summed E-state index contributed by atoms with van der Waals surface area (Å²) in [5, 5.41) is 11.1. The third kappa shape index (κ3) is 26.5. The van der Waals surface area contributed by atoms with Crippen LogP contribution in [0, 0.1) is 0 Å². The summed E-state index contributed by atoms with van der Waals surface area (Å²) in [6.45, 7) is 9.12. The summed E-state index contributed by atoms with van der Waals surface area (Å²) in [4.78, 5) is 21.3. The van der Waals surface area contributed by atoms with Crippen molar-refractivity contribution in [1.29, 1.82) is 0 Å². The van der Waals surface area contributed by atoms with Gasteiger partial charge in [-0.2, -0.15) is 0 Å². The lowest BCUT2D eigenvalue weighted by Crippen LogP contribution is -2.15. The maximum Gasteiger partial charge on any atom is 0.329 e. The predicted octanol–water partition coefficient (Wildman–Crippen LogP) is 1.26. The molecule has 1 amide bonds. The molecule has 0 saturated heterocycles. The molecule has 0 aromatic heterocycles. The molecule has 14 nitrogen and oxygen atoms in total. The van der Waals surface area contributed by atoms with Crippen LogP contribution < -0.4 is 10.1 Å². The highest BCUT2D eigenvalue weighted by molar-refractivity contribution is 5.88. The highest BCUT2D eigenvalue weighted by Gasteiger charge is 1.99. The molecule has 0 fully saturated rings. The van der Waals surface area contributed by atoms with Crippen LogP contribution in [0.3, 0.4) is 0 Å². The van der Waals surface area contributed by atoms with Gasteiger partial charge < -0.3 is 57.8 Å². The summed E-state index contributed by atoms with van der Waals surface area (Å²) in [5.74, 6) is -0.400. The van der Waals surface area contributed by atoms with E-state index in [0.717, 1.165) is 5.69 Å². The third-order valence-electron chi connectivity index (χ3n) is 4.87. The van der Waals surface area contributed by atoms with Gasteiger partial charge in [-0.3, -0.25) is 4.79 Å². The quantitative estimate of drug-likeness (QED) is 0.117. The first-order chi connectivity index (χ1) is 20.6. The smallest absolute Gasteiger partial charge is 0.329 e. The van der Waals surface area contributed by atoms with Crippen LogP contribution in [-0.2, 0) is 52.2 Å². The van der Waals surface area contributed by atoms with Gasteiger partial charge in [0, 0.05) is 12.6 Å². The van der Waals surface area contributed by atoms with E-state index >= 15 is 0 Å². The third-order valence-corrected chi connectivity index (χ3v) is 4.87. The van der Waals surface area contributed by atoms with Gasteiger partial charge in [0.2, 0.25) is 5.91 Å². The molecule has 0 bridgehead atoms. The fourth-order valence-corrected chi connectivity index (χ4v) is 2.97. The second-order valence-electron chi connectivity index (χ2n) is 8.40. The Morgan fingerprint density at radius 2 is 0.833 bits per heavy atom. The molecule has 14 heteroatoms. The van der Waals surface area contributed by atoms with Crippen molar-refractivity contribution >= 4 is 17.6 Å². The number of anilines is 1. The molecule has 0 saturated carbocycles. The van der Waals surface area contributed by atoms with Crippen molar-refractivity contribution in [2.24, 2.45) is 0 Å². The van der Waals surface area contributed by atoms with Crippen LogP contribution in [-0.4, -0.2) is 143 Å². The fraction of sp³-hybridized carbons (Fsp3) is 0.714. The summed E-state index contributed by atoms with van der Waals surface area (Å²) in [6.07, 6.45) is 0. The van der Waals surface area contributed by atoms with Crippen LogP contribution in [0.5, 0.6) is 5.75 Å². The van der Waals surface area contributed by atoms with E-state index < -0.39 is 5.97 Å². The van der Waals surface area contributed by atoms with Crippen molar-refractivity contribution < 1.29 is 62.1 Å². The number of hydrogen-bond acceptors (Lipinski definition) is 12. The zero-order chi connectivity index (χ0) is 30.4. The van der Waals surface area contributed by atoms with E-state index in [1.165, 1.54) is 6.92 Å². The van der Waals surface area contributed by atoms with Crippen molar-refractivity contribution in [1.82, 2.24) is 0 Å². The fourth-order valence-electron chi connectivity index (χ4n) is 2.97. The molecule has 0 aliphatic heterocycles. The Kier molecular flexibility index (Phi) is 25.7. The number of ether oxygens (including phenoxy) is 10. The van der Waals surface area contributed by atoms with Gasteiger partial charge in [0.05, 0.1) is 112 Å². The van der Waals surface area contributed by atoms with Crippen molar-refractivity contribution in [2.75, 3.05) is 131 Å². The SMILES string of the molecule is CC(=O)Nc1ccc(OCCOCCOCCOCCOCCOCCOCCOCCOCCOCC(=O)O)cc1. The molecule has 0 radical (unpaired) electrons. The van der Waals surface area contributed by atoms with Gasteiger partial charge in [0.1, 0.15) is 19.0 Å². The molecule has 242 valence electrons. The largest absolute Gasteiger partial charge is 0.491 e. The normalized spacial score (nSPS) is 11.1. The number of aliphatic carboxylic acids is 1. The zero-order valence-electron chi connectivity index (χ0n) is 24.6. The Balaban J connectivity index is 1.68. The first kappa shape index (κ1) is 37.6. The first-order valence-electron chi connectivity index (χ1n) is 14.0. The molecule has 0 aliphatic rings. The van der Waals surface area contributed by atoms with Gasteiger partial charge in [0.15, 0.2) is 0 Å². The number of carboxylic acids is 1. The van der Waals surface area contributed by atoms with Crippen LogP contribution in [0.4, 0.5) is 5.69 Å². The minimum absolute atomic E-state index is 0.113. The van der Waals surface area contributed by atoms with E-state index in [-0.39, 0.29) is 19.1 Å². The molecule has 0 aliphatic carbocycles. The molecule has 2 N–H and O–H groups in total. The number of amides is 1. The molecule has 0 heterocycles. The lowest BCUT2D eigenvalue weighted by molar-refractivity contribution is -0.142. The minimum atomic E-state index is -0.998. The maximum atomic E-state index is 11.0. The summed E-state index contributed by atoms with van der Waals surface area (Å²) in [5.41, 5.74) is 0.726. The zero-order valence-corrected chi connectivity index (χ0v) is 24.6. The number of hydrogen-bond donors (Lipinski definition) is 2. The van der Waals surface area contributed by atoms with Gasteiger partial charge in [-0.25, -0.2) is 4.79 Å². The van der Waals surface area contributed by atoms with Crippen molar-refractivity contribution in [2.45, 2.75) is 6.92 Å². The van der Waals surface area contributed by atoms with Gasteiger partial charge in [-0.05, 0) is 24.3 Å². The number of carboxylic acid groups (broad SMARTS) is 1. The van der Waals surface area contributed by atoms with E-state index in [1.807, 2.05) is 0 Å². The molecule has 1 aromatic rings. The van der Waals surface area contributed by atoms with Crippen LogP contribution >= 0.6 is 0 Å². The molecule has 0 unspecified atom stereocenters. The Morgan fingerprint density at radius 1 is 0.524 bits per heavy atom. The van der Waals surface area contributed by atoms with Crippen molar-refractivity contribution in [3.05, 3.63) is 24.3 Å². The minimum Gasteiger partial charge on any atom is -0.491 e. The highest BCUT2D eigenvalue weighted by atomic mass is 16.6. The van der Waals surface area contributed by atoms with Gasteiger partial charge in [0.25, 0.3) is 0 Å². The van der Waals surface area contributed by atoms with Crippen LogP contribution in [0.2, 0.25) is 0 Å². The highest BCUT2D eigenvalue weighted by Crippen LogP contribution is 2.15. The van der Waals surface area contributed by atoms with E-state index in [2.05, 4.69) is 5.32 Å². The van der Waals surface area contributed by atoms with Crippen LogP contribution in [0.25, 0.3) is 0 Å². The van der Waals surface area contributed by atoms with Gasteiger partial charge in [-0.15, -0.1) is 0 Å². The number of carbonyl (C=O) groups excluding carboxylic acids is 1. The van der Waals surface area contributed by atoms with Crippen molar-refractivity contribution in [3.63, 3.8) is 0 Å². The lowest BCUT2D eigenvalue weighted by atomic mass is 10.3. The summed E-state index contributed by atoms with van der Waals surface area (Å²) >= 11 is 0. The monoisotopic (exact) mass is 605 g/mol. The van der Waals surface area contributed by atoms with E-state index in [9.17, 15) is 9.59 Å². The summed E-state index contributed by atoms with van der Waals surface area (Å²) in [7, 11) is 0. The number of rotatable bonds is 31. The van der Waals surface area contributed by atoms with Crippen molar-refractivity contribution in [3.8, 4) is 5.75 Å². The number of carbonyl (C=O) groups is 2. The van der Waals surface area contributed by atoms with E-state index in [1.54, 1.807) is 24.3 Å². The molecular formula is C28H47NO13. The molecule has 1 aromatic carbocycles. The average molecular weight is 606 g/mol. The van der Waals surface area contributed by atoms with Crippen LogP contribution in [0.1, 0.15) is 6.92 Å². The van der Waals surface area contributed by atoms with Gasteiger partial charge in [-0.1, -0.05) is 0 Å². The molecule has 0 spiro atoms. The second kappa shape index (κ2) is 28.7. The van der Waals surface area contributed by atoms with Gasteiger partial charge >= 0.3 is 5.97 Å². The molecule has 42 heavy (non-hydrogen) atoms. The van der Waals surface area contributed by atoms with E-state index in [4.69, 9.17) is 52.5 Å². The number of nitrogens with one attached hydrogen (secondary N) is 1. The number of benzene rings is 1. The molecule has 0 atom stereocenters. The van der Waals surface area contributed by atoms with Crippen LogP contribution in [0.15, 0.2) is 24.3 Å². The Bertz CT molecular complexity index is 767. The Labute approximate surface area is 247 Å². The van der Waals surface area contributed by atoms with E-state index in [0.29, 0.717) is 118 Å². The maximum absolute atomic E-state index is 11.0. The topological polar surface area (TPSA) is 159 Å². The second-order valence-corrected chi connectivity index (χ2v) is 8.40. The first-order valence-corrected chi connectivity index (χ1v) is 14.0. The summed E-state index contributed by atoms with van der Waals surface area (Å²) < 4.78 is 53.7. The molecule has 1 rings (SSSR count).